The number of ether oxygens (including phenoxy) is 1. The molecule has 1 aromatic heterocycles. The first-order chi connectivity index (χ1) is 18.6. The molecule has 0 atom stereocenters. The van der Waals surface area contributed by atoms with Crippen molar-refractivity contribution in [3.8, 4) is 17.1 Å². The van der Waals surface area contributed by atoms with E-state index in [0.717, 1.165) is 18.4 Å². The van der Waals surface area contributed by atoms with Crippen LogP contribution in [0.4, 0.5) is 10.1 Å². The van der Waals surface area contributed by atoms with Crippen LogP contribution in [0.5, 0.6) is 5.75 Å². The van der Waals surface area contributed by atoms with E-state index >= 15 is 0 Å². The summed E-state index contributed by atoms with van der Waals surface area (Å²) >= 11 is 0. The summed E-state index contributed by atoms with van der Waals surface area (Å²) in [6.07, 6.45) is 1.82. The minimum Gasteiger partial charge on any atom is -0.496 e. The number of carbonyl (C=O) groups is 1. The lowest BCUT2D eigenvalue weighted by Gasteiger charge is -2.13. The molecule has 0 saturated heterocycles. The van der Waals surface area contributed by atoms with E-state index in [2.05, 4.69) is 10.0 Å². The number of anilines is 1. The number of hydrogen-bond acceptors (Lipinski definition) is 7. The molecule has 0 aliphatic heterocycles. The molecule has 4 N–H and O–H groups in total. The van der Waals surface area contributed by atoms with Crippen molar-refractivity contribution in [2.24, 2.45) is 0 Å². The minimum absolute atomic E-state index is 0.180. The molecule has 0 unspecified atom stereocenters. The number of halogens is 1. The molecule has 1 saturated carbocycles. The second kappa shape index (κ2) is 10.7. The fraction of sp³-hybridized carbons (Fsp3) is 0.222. The van der Waals surface area contributed by atoms with E-state index in [1.807, 2.05) is 6.07 Å². The summed E-state index contributed by atoms with van der Waals surface area (Å²) in [4.78, 5) is 12.9. The Kier molecular flexibility index (Phi) is 7.35. The van der Waals surface area contributed by atoms with Crippen molar-refractivity contribution in [3.05, 3.63) is 83.2 Å². The van der Waals surface area contributed by atoms with Crippen LogP contribution >= 0.6 is 0 Å². The maximum absolute atomic E-state index is 13.5. The van der Waals surface area contributed by atoms with Gasteiger partial charge in [-0.1, -0.05) is 0 Å². The number of furan rings is 1. The molecule has 202 valence electrons. The van der Waals surface area contributed by atoms with E-state index in [1.165, 1.54) is 55.6 Å². The highest BCUT2D eigenvalue weighted by Gasteiger charge is 2.31. The Morgan fingerprint density at radius 2 is 1.79 bits per heavy atom. The van der Waals surface area contributed by atoms with Gasteiger partial charge in [-0.15, -0.1) is 0 Å². The number of hydrogen-bond donors (Lipinski definition) is 4. The van der Waals surface area contributed by atoms with Crippen molar-refractivity contribution < 1.29 is 36.8 Å². The number of rotatable bonds is 10. The highest BCUT2D eigenvalue weighted by atomic mass is 32.2. The summed E-state index contributed by atoms with van der Waals surface area (Å²) in [5, 5.41) is 21.0. The van der Waals surface area contributed by atoms with Crippen molar-refractivity contribution in [2.75, 3.05) is 18.3 Å². The number of sulfonamides is 1. The molecule has 12 heteroatoms. The summed E-state index contributed by atoms with van der Waals surface area (Å²) < 4.78 is 53.6. The van der Waals surface area contributed by atoms with E-state index in [0.29, 0.717) is 39.1 Å². The summed E-state index contributed by atoms with van der Waals surface area (Å²) in [6.45, 7) is -0.311. The normalized spacial score (nSPS) is 13.3. The molecule has 9 nitrogen and oxygen atoms in total. The summed E-state index contributed by atoms with van der Waals surface area (Å²) in [5.74, 6) is -0.281. The van der Waals surface area contributed by atoms with Gasteiger partial charge in [0.15, 0.2) is 0 Å². The molecule has 39 heavy (non-hydrogen) atoms. The molecule has 1 heterocycles. The number of fused-ring (bicyclic) bond motifs is 1. The lowest BCUT2D eigenvalue weighted by molar-refractivity contribution is 0.0964. The van der Waals surface area contributed by atoms with E-state index in [1.54, 1.807) is 6.07 Å². The standard InChI is InChI=1S/C27H26BFN2O7S/c1-30-27(32)25-23-13-22(16-2-3-16)18(12-24(23)38-26(25)17-4-6-19(29)7-5-17)14-39(35,36)31-20-8-10-21(11-9-20)37-15-28(33)34/h4-13,16,31,33-34H,2-3,14-15H2,1H3,(H,30,32). The Morgan fingerprint density at radius 1 is 1.10 bits per heavy atom. The molecular formula is C27H26BFN2O7S. The zero-order valence-corrected chi connectivity index (χ0v) is 21.8. The molecule has 1 aliphatic rings. The third-order valence-electron chi connectivity index (χ3n) is 6.40. The van der Waals surface area contributed by atoms with Gasteiger partial charge < -0.3 is 24.5 Å². The van der Waals surface area contributed by atoms with Crippen LogP contribution in [0.15, 0.2) is 65.1 Å². The molecule has 1 aliphatic carbocycles. The quantitative estimate of drug-likeness (QED) is 0.220. The first-order valence-electron chi connectivity index (χ1n) is 12.3. The predicted molar refractivity (Wildman–Crippen MR) is 145 cm³/mol. The number of amides is 1. The van der Waals surface area contributed by atoms with Crippen LogP contribution in [0.2, 0.25) is 0 Å². The van der Waals surface area contributed by atoms with Gasteiger partial charge in [0.25, 0.3) is 5.91 Å². The number of carbonyl (C=O) groups excluding carboxylic acids is 1. The molecule has 0 spiro atoms. The highest BCUT2D eigenvalue weighted by Crippen LogP contribution is 2.45. The minimum atomic E-state index is -3.84. The van der Waals surface area contributed by atoms with Gasteiger partial charge in [-0.2, -0.15) is 0 Å². The zero-order chi connectivity index (χ0) is 27.7. The smallest absolute Gasteiger partial charge is 0.491 e. The van der Waals surface area contributed by atoms with E-state index in [-0.39, 0.29) is 29.8 Å². The van der Waals surface area contributed by atoms with Crippen molar-refractivity contribution in [2.45, 2.75) is 24.5 Å². The molecule has 0 bridgehead atoms. The van der Waals surface area contributed by atoms with Gasteiger partial charge in [0.1, 0.15) is 29.4 Å². The van der Waals surface area contributed by atoms with E-state index in [9.17, 15) is 17.6 Å². The van der Waals surface area contributed by atoms with Gasteiger partial charge in [0, 0.05) is 23.7 Å². The lowest BCUT2D eigenvalue weighted by Crippen LogP contribution is -2.22. The van der Waals surface area contributed by atoms with Crippen LogP contribution < -0.4 is 14.8 Å². The first kappa shape index (κ1) is 26.7. The third kappa shape index (κ3) is 6.08. The molecular weight excluding hydrogens is 526 g/mol. The molecule has 1 fully saturated rings. The average molecular weight is 552 g/mol. The summed E-state index contributed by atoms with van der Waals surface area (Å²) in [5.41, 5.74) is 2.92. The SMILES string of the molecule is CNC(=O)c1c(-c2ccc(F)cc2)oc2cc(CS(=O)(=O)Nc3ccc(OCB(O)O)cc3)c(C3CC3)cc12. The third-order valence-corrected chi connectivity index (χ3v) is 7.64. The topological polar surface area (TPSA) is 138 Å². The van der Waals surface area contributed by atoms with Crippen LogP contribution in [0.3, 0.4) is 0 Å². The molecule has 5 rings (SSSR count). The maximum Gasteiger partial charge on any atom is 0.491 e. The largest absolute Gasteiger partial charge is 0.496 e. The van der Waals surface area contributed by atoms with E-state index < -0.39 is 23.0 Å². The zero-order valence-electron chi connectivity index (χ0n) is 21.0. The molecule has 1 amide bonds. The van der Waals surface area contributed by atoms with Gasteiger partial charge in [0.2, 0.25) is 10.0 Å². The van der Waals surface area contributed by atoms with Crippen LogP contribution in [0.1, 0.15) is 40.2 Å². The van der Waals surface area contributed by atoms with Crippen LogP contribution in [0, 0.1) is 5.82 Å². The Labute approximate surface area is 224 Å². The number of nitrogens with one attached hydrogen (secondary N) is 2. The Bertz CT molecular complexity index is 1620. The average Bonchev–Trinajstić information content (AvgIpc) is 3.68. The fourth-order valence-electron chi connectivity index (χ4n) is 4.47. The second-order valence-corrected chi connectivity index (χ2v) is 11.1. The predicted octanol–water partition coefficient (Wildman–Crippen LogP) is 3.81. The monoisotopic (exact) mass is 552 g/mol. The molecule has 4 aromatic rings. The van der Waals surface area contributed by atoms with Crippen LogP contribution in [0.25, 0.3) is 22.3 Å². The van der Waals surface area contributed by atoms with Crippen molar-refractivity contribution in [3.63, 3.8) is 0 Å². The van der Waals surface area contributed by atoms with Gasteiger partial charge in [-0.25, -0.2) is 12.8 Å². The van der Waals surface area contributed by atoms with E-state index in [4.69, 9.17) is 19.2 Å². The fourth-order valence-corrected chi connectivity index (χ4v) is 5.69. The summed E-state index contributed by atoms with van der Waals surface area (Å²) in [7, 11) is -3.94. The highest BCUT2D eigenvalue weighted by molar-refractivity contribution is 7.91. The molecule has 0 radical (unpaired) electrons. The molecule has 3 aromatic carbocycles. The van der Waals surface area contributed by atoms with Crippen LogP contribution in [-0.2, 0) is 15.8 Å². The Hall–Kier alpha value is -3.87. The summed E-state index contributed by atoms with van der Waals surface area (Å²) in [6, 6.07) is 15.2. The Balaban J connectivity index is 1.48. The van der Waals surface area contributed by atoms with Gasteiger partial charge in [0.05, 0.1) is 11.3 Å². The maximum atomic E-state index is 13.5. The van der Waals surface area contributed by atoms with Gasteiger partial charge in [-0.3, -0.25) is 9.52 Å². The van der Waals surface area contributed by atoms with Gasteiger partial charge in [-0.05, 0) is 90.6 Å². The Morgan fingerprint density at radius 3 is 2.41 bits per heavy atom. The first-order valence-corrected chi connectivity index (χ1v) is 14.0. The second-order valence-electron chi connectivity index (χ2n) is 9.39. The van der Waals surface area contributed by atoms with Gasteiger partial charge >= 0.3 is 7.12 Å². The van der Waals surface area contributed by atoms with Crippen molar-refractivity contribution >= 4 is 39.7 Å². The number of benzene rings is 3. The van der Waals surface area contributed by atoms with Crippen molar-refractivity contribution in [1.82, 2.24) is 5.32 Å². The lowest BCUT2D eigenvalue weighted by atomic mass is 9.95. The van der Waals surface area contributed by atoms with Crippen molar-refractivity contribution in [1.29, 1.82) is 0 Å². The van der Waals surface area contributed by atoms with Crippen LogP contribution in [-0.4, -0.2) is 45.0 Å².